The van der Waals surface area contributed by atoms with Crippen molar-refractivity contribution in [2.45, 2.75) is 13.8 Å². The molecule has 0 amide bonds. The van der Waals surface area contributed by atoms with Gasteiger partial charge in [-0.1, -0.05) is 26.0 Å². The maximum absolute atomic E-state index is 5.64. The van der Waals surface area contributed by atoms with Crippen LogP contribution in [0.5, 0.6) is 0 Å². The van der Waals surface area contributed by atoms with Crippen molar-refractivity contribution in [2.24, 2.45) is 0 Å². The Morgan fingerprint density at radius 1 is 1.29 bits per heavy atom. The summed E-state index contributed by atoms with van der Waals surface area (Å²) in [5, 5.41) is 2.97. The van der Waals surface area contributed by atoms with Crippen LogP contribution >= 0.6 is 11.3 Å². The van der Waals surface area contributed by atoms with Crippen molar-refractivity contribution in [3.63, 3.8) is 0 Å². The van der Waals surface area contributed by atoms with Crippen LogP contribution in [0.2, 0.25) is 0 Å². The summed E-state index contributed by atoms with van der Waals surface area (Å²) >= 11 is 1.62. The zero-order valence-corrected chi connectivity index (χ0v) is 9.21. The van der Waals surface area contributed by atoms with Crippen LogP contribution in [0.1, 0.15) is 13.8 Å². The Bertz CT molecular complexity index is 369. The summed E-state index contributed by atoms with van der Waals surface area (Å²) in [6.45, 7) is 4.00. The summed E-state index contributed by atoms with van der Waals surface area (Å²) in [6, 6.07) is 7.75. The van der Waals surface area contributed by atoms with Gasteiger partial charge in [-0.05, 0) is 12.1 Å². The molecule has 2 N–H and O–H groups in total. The molecule has 0 aliphatic heterocycles. The highest BCUT2D eigenvalue weighted by Crippen LogP contribution is 2.22. The van der Waals surface area contributed by atoms with Gasteiger partial charge < -0.3 is 5.73 Å². The van der Waals surface area contributed by atoms with E-state index in [4.69, 9.17) is 5.73 Å². The maximum Gasteiger partial charge on any atom is 0.123 e. The second-order valence-corrected chi connectivity index (χ2v) is 3.36. The third-order valence-corrected chi connectivity index (χ3v) is 2.39. The van der Waals surface area contributed by atoms with Crippen molar-refractivity contribution in [3.8, 4) is 10.6 Å². The fraction of sp³-hybridized carbons (Fsp3) is 0.182. The lowest BCUT2D eigenvalue weighted by molar-refractivity contribution is 1.41. The van der Waals surface area contributed by atoms with Gasteiger partial charge in [-0.25, -0.2) is 4.98 Å². The van der Waals surface area contributed by atoms with E-state index in [9.17, 15) is 0 Å². The van der Waals surface area contributed by atoms with Crippen molar-refractivity contribution < 1.29 is 0 Å². The summed E-state index contributed by atoms with van der Waals surface area (Å²) < 4.78 is 0. The molecule has 0 aliphatic rings. The molecule has 0 unspecified atom stereocenters. The van der Waals surface area contributed by atoms with Crippen molar-refractivity contribution in [3.05, 3.63) is 35.8 Å². The van der Waals surface area contributed by atoms with E-state index in [1.165, 1.54) is 0 Å². The minimum Gasteiger partial charge on any atom is -0.399 e. The van der Waals surface area contributed by atoms with Gasteiger partial charge in [-0.3, -0.25) is 0 Å². The van der Waals surface area contributed by atoms with Crippen molar-refractivity contribution in [1.29, 1.82) is 0 Å². The lowest BCUT2D eigenvalue weighted by Gasteiger charge is -1.96. The van der Waals surface area contributed by atoms with Gasteiger partial charge in [0.05, 0.1) is 0 Å². The van der Waals surface area contributed by atoms with Crippen LogP contribution in [0.4, 0.5) is 5.69 Å². The molecule has 0 radical (unpaired) electrons. The van der Waals surface area contributed by atoms with Crippen molar-refractivity contribution in [2.75, 3.05) is 5.73 Å². The molecule has 74 valence electrons. The summed E-state index contributed by atoms with van der Waals surface area (Å²) in [6.07, 6.45) is 1.79. The van der Waals surface area contributed by atoms with E-state index in [0.717, 1.165) is 16.3 Å². The largest absolute Gasteiger partial charge is 0.399 e. The highest BCUT2D eigenvalue weighted by molar-refractivity contribution is 7.13. The first-order valence-corrected chi connectivity index (χ1v) is 5.49. The van der Waals surface area contributed by atoms with Crippen molar-refractivity contribution >= 4 is 17.0 Å². The van der Waals surface area contributed by atoms with E-state index in [1.54, 1.807) is 17.5 Å². The molecule has 0 saturated heterocycles. The number of aromatic nitrogens is 1. The molecule has 1 heterocycles. The maximum atomic E-state index is 5.64. The number of hydrogen-bond acceptors (Lipinski definition) is 3. The summed E-state index contributed by atoms with van der Waals surface area (Å²) in [5.74, 6) is 0. The number of anilines is 1. The smallest absolute Gasteiger partial charge is 0.123 e. The summed E-state index contributed by atoms with van der Waals surface area (Å²) in [7, 11) is 0. The molecule has 2 nitrogen and oxygen atoms in total. The molecule has 1 aromatic heterocycles. The van der Waals surface area contributed by atoms with Crippen molar-refractivity contribution in [1.82, 2.24) is 4.98 Å². The van der Waals surface area contributed by atoms with E-state index in [2.05, 4.69) is 4.98 Å². The lowest BCUT2D eigenvalue weighted by Crippen LogP contribution is -1.84. The van der Waals surface area contributed by atoms with Gasteiger partial charge in [0.2, 0.25) is 0 Å². The fourth-order valence-corrected chi connectivity index (χ4v) is 1.67. The zero-order chi connectivity index (χ0) is 10.4. The molecule has 2 rings (SSSR count). The Hall–Kier alpha value is -1.35. The van der Waals surface area contributed by atoms with E-state index in [-0.39, 0.29) is 0 Å². The number of nitrogens with zero attached hydrogens (tertiary/aromatic N) is 1. The summed E-state index contributed by atoms with van der Waals surface area (Å²) in [4.78, 5) is 4.19. The molecule has 0 fully saturated rings. The third kappa shape index (κ3) is 2.57. The van der Waals surface area contributed by atoms with Gasteiger partial charge in [-0.2, -0.15) is 0 Å². The van der Waals surface area contributed by atoms with E-state index >= 15 is 0 Å². The Morgan fingerprint density at radius 3 is 2.64 bits per heavy atom. The standard InChI is InChI=1S/C9H8N2S.C2H6/c10-8-3-1-2-7(6-8)9-11-4-5-12-9;1-2/h1-6H,10H2;1-2H3. The van der Waals surface area contributed by atoms with Gasteiger partial charge in [0.25, 0.3) is 0 Å². The van der Waals surface area contributed by atoms with E-state index in [1.807, 2.05) is 43.5 Å². The molecule has 0 saturated carbocycles. The molecule has 0 spiro atoms. The number of thiazole rings is 1. The average molecular weight is 206 g/mol. The first-order chi connectivity index (χ1) is 6.86. The van der Waals surface area contributed by atoms with Gasteiger partial charge in [0.15, 0.2) is 0 Å². The quantitative estimate of drug-likeness (QED) is 0.726. The molecule has 0 atom stereocenters. The van der Waals surface area contributed by atoms with Gasteiger partial charge in [0, 0.05) is 22.8 Å². The fourth-order valence-electron chi connectivity index (χ4n) is 1.04. The molecule has 3 heteroatoms. The van der Waals surface area contributed by atoms with Crippen LogP contribution in [-0.4, -0.2) is 4.98 Å². The molecule has 1 aromatic carbocycles. The normalized spacial score (nSPS) is 9.00. The lowest BCUT2D eigenvalue weighted by atomic mass is 10.2. The first kappa shape index (κ1) is 10.7. The number of nitrogens with two attached hydrogens (primary N) is 1. The SMILES string of the molecule is CC.Nc1cccc(-c2nccs2)c1. The predicted octanol–water partition coefficient (Wildman–Crippen LogP) is 3.42. The number of rotatable bonds is 1. The van der Waals surface area contributed by atoms with Crippen LogP contribution in [-0.2, 0) is 0 Å². The average Bonchev–Trinajstić information content (AvgIpc) is 2.74. The molecule has 14 heavy (non-hydrogen) atoms. The van der Waals surface area contributed by atoms with E-state index in [0.29, 0.717) is 0 Å². The Kier molecular flexibility index (Phi) is 4.13. The highest BCUT2D eigenvalue weighted by atomic mass is 32.1. The van der Waals surface area contributed by atoms with Gasteiger partial charge >= 0.3 is 0 Å². The molecular weight excluding hydrogens is 192 g/mol. The Morgan fingerprint density at radius 2 is 2.07 bits per heavy atom. The zero-order valence-electron chi connectivity index (χ0n) is 8.40. The predicted molar refractivity (Wildman–Crippen MR) is 63.3 cm³/mol. The minimum absolute atomic E-state index is 0.780. The molecule has 2 aromatic rings. The van der Waals surface area contributed by atoms with E-state index < -0.39 is 0 Å². The monoisotopic (exact) mass is 206 g/mol. The second-order valence-electron chi connectivity index (χ2n) is 2.46. The summed E-state index contributed by atoms with van der Waals surface area (Å²) in [5.41, 5.74) is 7.51. The van der Waals surface area contributed by atoms with Crippen LogP contribution in [0.15, 0.2) is 35.8 Å². The van der Waals surface area contributed by atoms with Gasteiger partial charge in [0.1, 0.15) is 5.01 Å². The minimum atomic E-state index is 0.780. The van der Waals surface area contributed by atoms with Crippen LogP contribution in [0, 0.1) is 0 Å². The molecule has 0 aliphatic carbocycles. The Balaban J connectivity index is 0.000000461. The van der Waals surface area contributed by atoms with Crippen LogP contribution in [0.3, 0.4) is 0 Å². The highest BCUT2D eigenvalue weighted by Gasteiger charge is 1.98. The number of hydrogen-bond donors (Lipinski definition) is 1. The molecule has 0 bridgehead atoms. The van der Waals surface area contributed by atoms with Crippen LogP contribution < -0.4 is 5.73 Å². The topological polar surface area (TPSA) is 38.9 Å². The van der Waals surface area contributed by atoms with Crippen LogP contribution in [0.25, 0.3) is 10.6 Å². The number of nitrogen functional groups attached to an aromatic ring is 1. The third-order valence-electron chi connectivity index (χ3n) is 1.57. The van der Waals surface area contributed by atoms with Gasteiger partial charge in [-0.15, -0.1) is 11.3 Å². The Labute approximate surface area is 88.4 Å². The first-order valence-electron chi connectivity index (χ1n) is 4.62. The second kappa shape index (κ2) is 5.40. The number of benzene rings is 1. The molecular formula is C11H14N2S.